The Morgan fingerprint density at radius 3 is 3.13 bits per heavy atom. The van der Waals surface area contributed by atoms with Gasteiger partial charge in [0.2, 0.25) is 0 Å². The van der Waals surface area contributed by atoms with Gasteiger partial charge in [-0.05, 0) is 12.1 Å². The molecule has 0 radical (unpaired) electrons. The number of nitrogens with one attached hydrogen (secondary N) is 1. The Kier molecular flexibility index (Phi) is 1.45. The maximum Gasteiger partial charge on any atom is 0.352 e. The molecule has 2 aromatic rings. The SMILES string of the molecule is O=C(O)c1cc2c3c(ccc2[nH]1)CN=N3. The van der Waals surface area contributed by atoms with Crippen LogP contribution in [-0.4, -0.2) is 16.1 Å². The molecule has 1 aliphatic rings. The molecule has 5 heteroatoms. The zero-order valence-electron chi connectivity index (χ0n) is 7.69. The first kappa shape index (κ1) is 8.16. The van der Waals surface area contributed by atoms with Gasteiger partial charge < -0.3 is 10.1 Å². The number of hydrogen-bond donors (Lipinski definition) is 2. The van der Waals surface area contributed by atoms with Crippen molar-refractivity contribution in [1.82, 2.24) is 4.98 Å². The topological polar surface area (TPSA) is 77.8 Å². The van der Waals surface area contributed by atoms with E-state index in [9.17, 15) is 4.79 Å². The lowest BCUT2D eigenvalue weighted by atomic mass is 10.1. The third-order valence-electron chi connectivity index (χ3n) is 2.50. The Morgan fingerprint density at radius 2 is 2.33 bits per heavy atom. The zero-order valence-corrected chi connectivity index (χ0v) is 7.69. The summed E-state index contributed by atoms with van der Waals surface area (Å²) >= 11 is 0. The summed E-state index contributed by atoms with van der Waals surface area (Å²) in [5, 5.41) is 17.6. The van der Waals surface area contributed by atoms with Gasteiger partial charge in [-0.3, -0.25) is 0 Å². The Bertz CT molecular complexity index is 598. The summed E-state index contributed by atoms with van der Waals surface area (Å²) in [5.74, 6) is -0.963. The highest BCUT2D eigenvalue weighted by atomic mass is 16.4. The van der Waals surface area contributed by atoms with Crippen LogP contribution in [0.2, 0.25) is 0 Å². The number of carboxylic acid groups (broad SMARTS) is 1. The lowest BCUT2D eigenvalue weighted by Crippen LogP contribution is -1.94. The fourth-order valence-corrected chi connectivity index (χ4v) is 1.78. The molecule has 0 spiro atoms. The molecule has 74 valence electrons. The van der Waals surface area contributed by atoms with E-state index < -0.39 is 5.97 Å². The van der Waals surface area contributed by atoms with Crippen LogP contribution in [0, 0.1) is 0 Å². The Morgan fingerprint density at radius 1 is 1.47 bits per heavy atom. The molecule has 15 heavy (non-hydrogen) atoms. The van der Waals surface area contributed by atoms with E-state index >= 15 is 0 Å². The number of nitrogens with zero attached hydrogens (tertiary/aromatic N) is 2. The number of carbonyl (C=O) groups is 1. The van der Waals surface area contributed by atoms with Crippen LogP contribution in [0.4, 0.5) is 5.69 Å². The van der Waals surface area contributed by atoms with Crippen molar-refractivity contribution in [2.75, 3.05) is 0 Å². The van der Waals surface area contributed by atoms with Gasteiger partial charge in [0.1, 0.15) is 5.69 Å². The van der Waals surface area contributed by atoms with E-state index in [4.69, 9.17) is 5.11 Å². The number of fused-ring (bicyclic) bond motifs is 3. The van der Waals surface area contributed by atoms with Crippen LogP contribution < -0.4 is 0 Å². The predicted molar refractivity (Wildman–Crippen MR) is 53.5 cm³/mol. The minimum atomic E-state index is -0.963. The van der Waals surface area contributed by atoms with E-state index in [1.165, 1.54) is 0 Å². The van der Waals surface area contributed by atoms with E-state index in [-0.39, 0.29) is 5.69 Å². The molecule has 0 aliphatic carbocycles. The predicted octanol–water partition coefficient (Wildman–Crippen LogP) is 2.46. The van der Waals surface area contributed by atoms with Gasteiger partial charge >= 0.3 is 5.97 Å². The van der Waals surface area contributed by atoms with E-state index in [0.29, 0.717) is 6.54 Å². The van der Waals surface area contributed by atoms with Crippen molar-refractivity contribution in [1.29, 1.82) is 0 Å². The summed E-state index contributed by atoms with van der Waals surface area (Å²) in [4.78, 5) is 13.6. The van der Waals surface area contributed by atoms with Crippen molar-refractivity contribution in [2.24, 2.45) is 10.2 Å². The second-order valence-electron chi connectivity index (χ2n) is 3.42. The first-order chi connectivity index (χ1) is 7.25. The van der Waals surface area contributed by atoms with Gasteiger partial charge in [-0.15, -0.1) is 0 Å². The van der Waals surface area contributed by atoms with Crippen LogP contribution in [-0.2, 0) is 6.54 Å². The molecule has 0 amide bonds. The maximum atomic E-state index is 10.8. The second-order valence-corrected chi connectivity index (χ2v) is 3.42. The number of aromatic carboxylic acids is 1. The largest absolute Gasteiger partial charge is 0.477 e. The summed E-state index contributed by atoms with van der Waals surface area (Å²) in [6.07, 6.45) is 0. The van der Waals surface area contributed by atoms with Crippen molar-refractivity contribution >= 4 is 22.6 Å². The van der Waals surface area contributed by atoms with Crippen LogP contribution in [0.5, 0.6) is 0 Å². The molecule has 0 atom stereocenters. The molecule has 1 aliphatic heterocycles. The summed E-state index contributed by atoms with van der Waals surface area (Å²) < 4.78 is 0. The number of aromatic nitrogens is 1. The van der Waals surface area contributed by atoms with Gasteiger partial charge in [-0.2, -0.15) is 10.2 Å². The standard InChI is InChI=1S/C10H7N3O2/c14-10(15)8-3-6-7(12-8)2-1-5-4-11-13-9(5)6/h1-3,12H,4H2,(H,14,15). The van der Waals surface area contributed by atoms with Crippen molar-refractivity contribution in [3.8, 4) is 0 Å². The highest BCUT2D eigenvalue weighted by molar-refractivity contribution is 5.99. The number of carboxylic acids is 1. The van der Waals surface area contributed by atoms with Crippen molar-refractivity contribution in [2.45, 2.75) is 6.54 Å². The third-order valence-corrected chi connectivity index (χ3v) is 2.50. The monoisotopic (exact) mass is 201 g/mol. The van der Waals surface area contributed by atoms with Crippen molar-refractivity contribution in [3.05, 3.63) is 29.5 Å². The minimum absolute atomic E-state index is 0.181. The quantitative estimate of drug-likeness (QED) is 0.743. The number of H-pyrrole nitrogens is 1. The lowest BCUT2D eigenvalue weighted by molar-refractivity contribution is 0.0691. The van der Waals surface area contributed by atoms with Gasteiger partial charge in [0.05, 0.1) is 12.2 Å². The van der Waals surface area contributed by atoms with E-state index in [1.807, 2.05) is 12.1 Å². The maximum absolute atomic E-state index is 10.8. The van der Waals surface area contributed by atoms with Crippen molar-refractivity contribution in [3.63, 3.8) is 0 Å². The van der Waals surface area contributed by atoms with E-state index in [2.05, 4.69) is 15.2 Å². The Labute approximate surface area is 84.4 Å². The highest BCUT2D eigenvalue weighted by Crippen LogP contribution is 2.35. The molecule has 0 saturated heterocycles. The molecular weight excluding hydrogens is 194 g/mol. The Hall–Kier alpha value is -2.17. The second kappa shape index (κ2) is 2.66. The summed E-state index contributed by atoms with van der Waals surface area (Å²) in [5.41, 5.74) is 2.79. The van der Waals surface area contributed by atoms with Gasteiger partial charge in [-0.1, -0.05) is 6.07 Å². The van der Waals surface area contributed by atoms with E-state index in [0.717, 1.165) is 22.2 Å². The van der Waals surface area contributed by atoms with Crippen LogP contribution in [0.3, 0.4) is 0 Å². The third kappa shape index (κ3) is 1.06. The fraction of sp³-hybridized carbons (Fsp3) is 0.100. The first-order valence-electron chi connectivity index (χ1n) is 4.51. The number of hydrogen-bond acceptors (Lipinski definition) is 3. The summed E-state index contributed by atoms with van der Waals surface area (Å²) in [7, 11) is 0. The first-order valence-corrected chi connectivity index (χ1v) is 4.51. The zero-order chi connectivity index (χ0) is 10.4. The molecule has 3 rings (SSSR count). The average molecular weight is 201 g/mol. The minimum Gasteiger partial charge on any atom is -0.477 e. The molecule has 0 fully saturated rings. The smallest absolute Gasteiger partial charge is 0.352 e. The molecule has 5 nitrogen and oxygen atoms in total. The number of benzene rings is 1. The van der Waals surface area contributed by atoms with Gasteiger partial charge in [0, 0.05) is 16.5 Å². The van der Waals surface area contributed by atoms with Gasteiger partial charge in [-0.25, -0.2) is 4.79 Å². The molecule has 2 N–H and O–H groups in total. The summed E-state index contributed by atoms with van der Waals surface area (Å²) in [6, 6.07) is 5.37. The molecule has 1 aromatic heterocycles. The number of azo groups is 1. The molecule has 2 heterocycles. The lowest BCUT2D eigenvalue weighted by Gasteiger charge is -1.95. The molecule has 1 aromatic carbocycles. The molecule has 0 bridgehead atoms. The van der Waals surface area contributed by atoms with Crippen molar-refractivity contribution < 1.29 is 9.90 Å². The average Bonchev–Trinajstić information content (AvgIpc) is 2.82. The number of rotatable bonds is 1. The van der Waals surface area contributed by atoms with Gasteiger partial charge in [0.25, 0.3) is 0 Å². The van der Waals surface area contributed by atoms with Crippen LogP contribution >= 0.6 is 0 Å². The van der Waals surface area contributed by atoms with Crippen LogP contribution in [0.1, 0.15) is 16.1 Å². The Balaban J connectivity index is 2.35. The molecule has 0 saturated carbocycles. The van der Waals surface area contributed by atoms with E-state index in [1.54, 1.807) is 6.07 Å². The highest BCUT2D eigenvalue weighted by Gasteiger charge is 2.15. The van der Waals surface area contributed by atoms with Crippen LogP contribution in [0.15, 0.2) is 28.4 Å². The molecule has 0 unspecified atom stereocenters. The summed E-state index contributed by atoms with van der Waals surface area (Å²) in [6.45, 7) is 0.582. The fourth-order valence-electron chi connectivity index (χ4n) is 1.78. The van der Waals surface area contributed by atoms with Crippen LogP contribution in [0.25, 0.3) is 10.9 Å². The normalized spacial score (nSPS) is 13.3. The molecular formula is C10H7N3O2. The number of aromatic amines is 1. The van der Waals surface area contributed by atoms with Gasteiger partial charge in [0.15, 0.2) is 0 Å².